The van der Waals surface area contributed by atoms with E-state index < -0.39 is 11.6 Å². The normalized spacial score (nSPS) is 10.8. The minimum Gasteiger partial charge on any atom is -0.204 e. The summed E-state index contributed by atoms with van der Waals surface area (Å²) >= 11 is 3.15. The van der Waals surface area contributed by atoms with E-state index in [4.69, 9.17) is 0 Å². The number of aromatic nitrogens is 4. The summed E-state index contributed by atoms with van der Waals surface area (Å²) in [6.07, 6.45) is 0. The minimum atomic E-state index is -0.893. The zero-order valence-corrected chi connectivity index (χ0v) is 9.87. The Morgan fingerprint density at radius 1 is 1.31 bits per heavy atom. The second-order valence-corrected chi connectivity index (χ2v) is 4.08. The molecular formula is C9H7BrF2N4. The molecule has 0 aliphatic heterocycles. The van der Waals surface area contributed by atoms with Crippen LogP contribution in [-0.2, 0) is 6.54 Å². The standard InChI is InChI=1S/C9H7BrF2N4/c1-5-13-15-16(14-5)4-6-2-8(11)9(12)3-7(6)10/h2-3H,4H2,1H3. The summed E-state index contributed by atoms with van der Waals surface area (Å²) in [5.74, 6) is -1.26. The third-order valence-electron chi connectivity index (χ3n) is 1.95. The average Bonchev–Trinajstić information content (AvgIpc) is 2.60. The molecule has 4 nitrogen and oxygen atoms in total. The van der Waals surface area contributed by atoms with E-state index in [1.807, 2.05) is 0 Å². The maximum atomic E-state index is 13.0. The summed E-state index contributed by atoms with van der Waals surface area (Å²) in [7, 11) is 0. The van der Waals surface area contributed by atoms with Gasteiger partial charge in [0.25, 0.3) is 0 Å². The van der Waals surface area contributed by atoms with Crippen molar-refractivity contribution in [3.63, 3.8) is 0 Å². The van der Waals surface area contributed by atoms with Crippen molar-refractivity contribution in [3.8, 4) is 0 Å². The van der Waals surface area contributed by atoms with Crippen LogP contribution in [0.3, 0.4) is 0 Å². The molecule has 0 amide bonds. The Labute approximate surface area is 98.4 Å². The van der Waals surface area contributed by atoms with Gasteiger partial charge in [-0.1, -0.05) is 15.9 Å². The Balaban J connectivity index is 2.31. The maximum absolute atomic E-state index is 13.0. The maximum Gasteiger partial charge on any atom is 0.171 e. The molecular weight excluding hydrogens is 282 g/mol. The molecule has 0 bridgehead atoms. The molecule has 0 unspecified atom stereocenters. The monoisotopic (exact) mass is 288 g/mol. The fourth-order valence-corrected chi connectivity index (χ4v) is 1.67. The molecule has 84 valence electrons. The topological polar surface area (TPSA) is 43.6 Å². The van der Waals surface area contributed by atoms with Gasteiger partial charge >= 0.3 is 0 Å². The van der Waals surface area contributed by atoms with Crippen molar-refractivity contribution in [2.45, 2.75) is 13.5 Å². The van der Waals surface area contributed by atoms with Gasteiger partial charge in [-0.2, -0.15) is 4.80 Å². The smallest absolute Gasteiger partial charge is 0.171 e. The number of tetrazole rings is 1. The van der Waals surface area contributed by atoms with Crippen LogP contribution in [-0.4, -0.2) is 20.2 Å². The SMILES string of the molecule is Cc1nnn(Cc2cc(F)c(F)cc2Br)n1. The lowest BCUT2D eigenvalue weighted by Gasteiger charge is -2.04. The summed E-state index contributed by atoms with van der Waals surface area (Å²) in [5, 5.41) is 11.4. The molecule has 0 aliphatic rings. The van der Waals surface area contributed by atoms with Crippen molar-refractivity contribution >= 4 is 15.9 Å². The van der Waals surface area contributed by atoms with Gasteiger partial charge in [-0.15, -0.1) is 10.2 Å². The van der Waals surface area contributed by atoms with Crippen LogP contribution in [0.4, 0.5) is 8.78 Å². The van der Waals surface area contributed by atoms with E-state index in [2.05, 4.69) is 31.3 Å². The molecule has 0 saturated carbocycles. The van der Waals surface area contributed by atoms with E-state index in [1.165, 1.54) is 4.80 Å². The summed E-state index contributed by atoms with van der Waals surface area (Å²) in [4.78, 5) is 1.31. The first-order valence-corrected chi connectivity index (χ1v) is 5.23. The quantitative estimate of drug-likeness (QED) is 0.795. The van der Waals surface area contributed by atoms with Crippen molar-refractivity contribution in [1.29, 1.82) is 0 Å². The number of halogens is 3. The number of hydrogen-bond acceptors (Lipinski definition) is 3. The van der Waals surface area contributed by atoms with Crippen molar-refractivity contribution in [2.75, 3.05) is 0 Å². The lowest BCUT2D eigenvalue weighted by molar-refractivity contribution is 0.501. The first-order valence-electron chi connectivity index (χ1n) is 4.44. The zero-order valence-electron chi connectivity index (χ0n) is 8.28. The molecule has 7 heteroatoms. The van der Waals surface area contributed by atoms with Crippen LogP contribution in [0.2, 0.25) is 0 Å². The fraction of sp³-hybridized carbons (Fsp3) is 0.222. The van der Waals surface area contributed by atoms with Gasteiger partial charge in [0.2, 0.25) is 0 Å². The molecule has 1 aromatic carbocycles. The second-order valence-electron chi connectivity index (χ2n) is 3.22. The van der Waals surface area contributed by atoms with Gasteiger partial charge in [0.1, 0.15) is 0 Å². The third kappa shape index (κ3) is 2.24. The van der Waals surface area contributed by atoms with Crippen LogP contribution in [0.5, 0.6) is 0 Å². The Kier molecular flexibility index (Phi) is 2.95. The number of benzene rings is 1. The molecule has 0 spiro atoms. The first kappa shape index (κ1) is 11.1. The highest BCUT2D eigenvalue weighted by molar-refractivity contribution is 9.10. The van der Waals surface area contributed by atoms with Gasteiger partial charge in [0.05, 0.1) is 6.54 Å². The number of hydrogen-bond donors (Lipinski definition) is 0. The van der Waals surface area contributed by atoms with Gasteiger partial charge in [-0.25, -0.2) is 8.78 Å². The summed E-state index contributed by atoms with van der Waals surface area (Å²) in [5.41, 5.74) is 0.552. The Hall–Kier alpha value is -1.37. The summed E-state index contributed by atoms with van der Waals surface area (Å²) in [6.45, 7) is 1.93. The predicted octanol–water partition coefficient (Wildman–Crippen LogP) is 2.07. The van der Waals surface area contributed by atoms with Crippen LogP contribution in [0.25, 0.3) is 0 Å². The molecule has 2 rings (SSSR count). The molecule has 16 heavy (non-hydrogen) atoms. The Bertz CT molecular complexity index is 526. The number of aryl methyl sites for hydroxylation is 1. The number of rotatable bonds is 2. The van der Waals surface area contributed by atoms with Gasteiger partial charge in [0.15, 0.2) is 17.5 Å². The Morgan fingerprint density at radius 2 is 2.00 bits per heavy atom. The van der Waals surface area contributed by atoms with Crippen LogP contribution in [0, 0.1) is 18.6 Å². The van der Waals surface area contributed by atoms with Crippen LogP contribution in [0.1, 0.15) is 11.4 Å². The van der Waals surface area contributed by atoms with Crippen LogP contribution in [0.15, 0.2) is 16.6 Å². The predicted molar refractivity (Wildman–Crippen MR) is 55.7 cm³/mol. The highest BCUT2D eigenvalue weighted by Gasteiger charge is 2.09. The lowest BCUT2D eigenvalue weighted by atomic mass is 10.2. The van der Waals surface area contributed by atoms with Gasteiger partial charge in [-0.05, 0) is 29.8 Å². The molecule has 0 N–H and O–H groups in total. The molecule has 1 aromatic heterocycles. The molecule has 0 aliphatic carbocycles. The van der Waals surface area contributed by atoms with Crippen LogP contribution >= 0.6 is 15.9 Å². The lowest BCUT2D eigenvalue weighted by Crippen LogP contribution is -2.05. The highest BCUT2D eigenvalue weighted by atomic mass is 79.9. The van der Waals surface area contributed by atoms with Crippen LogP contribution < -0.4 is 0 Å². The van der Waals surface area contributed by atoms with Crippen molar-refractivity contribution in [1.82, 2.24) is 20.2 Å². The highest BCUT2D eigenvalue weighted by Crippen LogP contribution is 2.21. The molecule has 0 radical (unpaired) electrons. The van der Waals surface area contributed by atoms with Gasteiger partial charge in [0, 0.05) is 4.47 Å². The largest absolute Gasteiger partial charge is 0.204 e. The number of nitrogens with zero attached hydrogens (tertiary/aromatic N) is 4. The van der Waals surface area contributed by atoms with E-state index >= 15 is 0 Å². The summed E-state index contributed by atoms with van der Waals surface area (Å²) < 4.78 is 26.3. The Morgan fingerprint density at radius 3 is 2.62 bits per heavy atom. The zero-order chi connectivity index (χ0) is 11.7. The van der Waals surface area contributed by atoms with E-state index in [0.29, 0.717) is 15.9 Å². The van der Waals surface area contributed by atoms with Crippen molar-refractivity contribution in [3.05, 3.63) is 39.6 Å². The van der Waals surface area contributed by atoms with Crippen molar-refractivity contribution < 1.29 is 8.78 Å². The van der Waals surface area contributed by atoms with Gasteiger partial charge in [-0.3, -0.25) is 0 Å². The molecule has 0 fully saturated rings. The van der Waals surface area contributed by atoms with E-state index in [1.54, 1.807) is 6.92 Å². The molecule has 0 atom stereocenters. The second kappa shape index (κ2) is 4.25. The van der Waals surface area contributed by atoms with Gasteiger partial charge < -0.3 is 0 Å². The summed E-state index contributed by atoms with van der Waals surface area (Å²) in [6, 6.07) is 2.19. The van der Waals surface area contributed by atoms with Crippen molar-refractivity contribution in [2.24, 2.45) is 0 Å². The minimum absolute atomic E-state index is 0.235. The average molecular weight is 289 g/mol. The molecule has 0 saturated heterocycles. The fourth-order valence-electron chi connectivity index (χ4n) is 1.23. The molecule has 1 heterocycles. The van der Waals surface area contributed by atoms with E-state index in [-0.39, 0.29) is 6.54 Å². The van der Waals surface area contributed by atoms with E-state index in [0.717, 1.165) is 12.1 Å². The van der Waals surface area contributed by atoms with E-state index in [9.17, 15) is 8.78 Å². The molecule has 2 aromatic rings. The third-order valence-corrected chi connectivity index (χ3v) is 2.69. The first-order chi connectivity index (χ1) is 7.56.